The first-order valence-electron chi connectivity index (χ1n) is 12.9. The van der Waals surface area contributed by atoms with Crippen LogP contribution < -0.4 is 25.7 Å². The van der Waals surface area contributed by atoms with Gasteiger partial charge in [0.25, 0.3) is 0 Å². The van der Waals surface area contributed by atoms with Gasteiger partial charge in [0, 0.05) is 51.9 Å². The number of hydrogen-bond donors (Lipinski definition) is 1. The molecule has 3 aromatic rings. The molecule has 0 radical (unpaired) electrons. The normalized spacial score (nSPS) is 14.7. The molecule has 1 aliphatic rings. The molecule has 2 N–H and O–H groups in total. The molecule has 1 saturated heterocycles. The van der Waals surface area contributed by atoms with Gasteiger partial charge in [0.2, 0.25) is 5.75 Å². The van der Waals surface area contributed by atoms with Crippen molar-refractivity contribution in [1.29, 1.82) is 0 Å². The molecular weight excluding hydrogens is 480 g/mol. The van der Waals surface area contributed by atoms with Crippen molar-refractivity contribution in [1.82, 2.24) is 14.7 Å². The third-order valence-corrected chi connectivity index (χ3v) is 6.48. The molecule has 0 atom stereocenters. The van der Waals surface area contributed by atoms with Crippen molar-refractivity contribution < 1.29 is 9.47 Å². The summed E-state index contributed by atoms with van der Waals surface area (Å²) in [6.07, 6.45) is 5.87. The van der Waals surface area contributed by atoms with Crippen LogP contribution in [0.5, 0.6) is 11.5 Å². The van der Waals surface area contributed by atoms with Crippen LogP contribution in [0.2, 0.25) is 0 Å². The zero-order valence-electron chi connectivity index (χ0n) is 22.1. The van der Waals surface area contributed by atoms with Crippen LogP contribution in [0.4, 0.5) is 5.69 Å². The summed E-state index contributed by atoms with van der Waals surface area (Å²) >= 11 is 0. The lowest BCUT2D eigenvalue weighted by Gasteiger charge is -2.36. The molecule has 9 heteroatoms. The standard InChI is InChI=1S/C29H36N6O3/c1-3-31-20-24(19-30)22-33-14-16-34(17-15-33)27-21-32-35(25-7-5-4-6-8-25)29(36)28(27)38-18-13-23-9-11-26(37-2)12-10-23/h4-12,19-21H,3,13-18,22,30H2,1-2H3/b24-19+,31-20?. The van der Waals surface area contributed by atoms with Gasteiger partial charge in [0.1, 0.15) is 11.4 Å². The van der Waals surface area contributed by atoms with E-state index in [-0.39, 0.29) is 5.56 Å². The number of para-hydroxylation sites is 1. The number of benzene rings is 2. The Kier molecular flexibility index (Phi) is 9.53. The molecule has 0 spiro atoms. The Bertz CT molecular complexity index is 1280. The van der Waals surface area contributed by atoms with E-state index in [0.717, 1.165) is 61.8 Å². The maximum Gasteiger partial charge on any atom is 0.316 e. The van der Waals surface area contributed by atoms with Crippen molar-refractivity contribution in [2.45, 2.75) is 13.3 Å². The zero-order valence-corrected chi connectivity index (χ0v) is 22.1. The number of rotatable bonds is 11. The zero-order chi connectivity index (χ0) is 26.7. The fourth-order valence-electron chi connectivity index (χ4n) is 4.36. The van der Waals surface area contributed by atoms with Crippen LogP contribution in [0, 0.1) is 0 Å². The minimum absolute atomic E-state index is 0.269. The van der Waals surface area contributed by atoms with Crippen LogP contribution in [-0.4, -0.2) is 73.9 Å². The first-order chi connectivity index (χ1) is 18.6. The number of aromatic nitrogens is 2. The van der Waals surface area contributed by atoms with Crippen molar-refractivity contribution in [3.05, 3.63) is 88.5 Å². The van der Waals surface area contributed by atoms with Gasteiger partial charge in [-0.15, -0.1) is 0 Å². The Balaban J connectivity index is 1.51. The Morgan fingerprint density at radius 3 is 2.47 bits per heavy atom. The van der Waals surface area contributed by atoms with Gasteiger partial charge in [-0.05, 0) is 48.5 Å². The van der Waals surface area contributed by atoms with Crippen molar-refractivity contribution >= 4 is 11.9 Å². The van der Waals surface area contributed by atoms with E-state index < -0.39 is 0 Å². The molecule has 0 bridgehead atoms. The molecular formula is C29H36N6O3. The second kappa shape index (κ2) is 13.4. The summed E-state index contributed by atoms with van der Waals surface area (Å²) < 4.78 is 12.8. The lowest BCUT2D eigenvalue weighted by atomic mass is 10.1. The minimum atomic E-state index is -0.269. The van der Waals surface area contributed by atoms with Gasteiger partial charge in [-0.2, -0.15) is 9.78 Å². The number of piperazine rings is 1. The lowest BCUT2D eigenvalue weighted by Crippen LogP contribution is -2.47. The SMILES string of the molecule is CCN=C/C(=C\N)CN1CCN(c2cnn(-c3ccccc3)c(=O)c2OCCc2ccc(OC)cc2)CC1. The van der Waals surface area contributed by atoms with E-state index in [1.807, 2.05) is 67.7 Å². The van der Waals surface area contributed by atoms with Gasteiger partial charge >= 0.3 is 5.56 Å². The fourth-order valence-corrected chi connectivity index (χ4v) is 4.36. The van der Waals surface area contributed by atoms with Crippen molar-refractivity contribution in [3.8, 4) is 17.2 Å². The Morgan fingerprint density at radius 1 is 1.08 bits per heavy atom. The summed E-state index contributed by atoms with van der Waals surface area (Å²) in [7, 11) is 1.65. The summed E-state index contributed by atoms with van der Waals surface area (Å²) in [5.74, 6) is 1.13. The van der Waals surface area contributed by atoms with Crippen molar-refractivity contribution in [2.75, 3.05) is 57.9 Å². The van der Waals surface area contributed by atoms with Gasteiger partial charge in [-0.1, -0.05) is 30.3 Å². The summed E-state index contributed by atoms with van der Waals surface area (Å²) in [5.41, 5.74) is 9.04. The highest BCUT2D eigenvalue weighted by Gasteiger charge is 2.24. The van der Waals surface area contributed by atoms with Crippen molar-refractivity contribution in [3.63, 3.8) is 0 Å². The van der Waals surface area contributed by atoms with E-state index in [1.54, 1.807) is 19.5 Å². The highest BCUT2D eigenvalue weighted by atomic mass is 16.5. The van der Waals surface area contributed by atoms with Gasteiger partial charge < -0.3 is 20.1 Å². The molecule has 0 unspecified atom stereocenters. The highest BCUT2D eigenvalue weighted by molar-refractivity contribution is 5.78. The molecule has 1 aromatic heterocycles. The number of ether oxygens (including phenoxy) is 2. The molecule has 0 saturated carbocycles. The smallest absolute Gasteiger partial charge is 0.316 e. The fraction of sp³-hybridized carbons (Fsp3) is 0.345. The van der Waals surface area contributed by atoms with Crippen LogP contribution >= 0.6 is 0 Å². The Labute approximate surface area is 223 Å². The third-order valence-electron chi connectivity index (χ3n) is 6.48. The van der Waals surface area contributed by atoms with Gasteiger partial charge in [-0.25, -0.2) is 0 Å². The highest BCUT2D eigenvalue weighted by Crippen LogP contribution is 2.26. The van der Waals surface area contributed by atoms with Crippen LogP contribution in [0.25, 0.3) is 5.69 Å². The maximum absolute atomic E-state index is 13.6. The summed E-state index contributed by atoms with van der Waals surface area (Å²) in [6, 6.07) is 17.3. The molecule has 0 aliphatic carbocycles. The van der Waals surface area contributed by atoms with Gasteiger partial charge in [0.05, 0.1) is 25.6 Å². The second-order valence-electron chi connectivity index (χ2n) is 8.99. The number of methoxy groups -OCH3 is 1. The number of nitrogens with two attached hydrogens (primary N) is 1. The molecule has 9 nitrogen and oxygen atoms in total. The van der Waals surface area contributed by atoms with Crippen LogP contribution in [-0.2, 0) is 6.42 Å². The summed E-state index contributed by atoms with van der Waals surface area (Å²) in [5, 5.41) is 4.50. The van der Waals surface area contributed by atoms with Gasteiger partial charge in [-0.3, -0.25) is 14.7 Å². The molecule has 38 heavy (non-hydrogen) atoms. The molecule has 4 rings (SSSR count). The van der Waals surface area contributed by atoms with E-state index >= 15 is 0 Å². The molecule has 2 aromatic carbocycles. The minimum Gasteiger partial charge on any atom is -0.497 e. The molecule has 0 amide bonds. The van der Waals surface area contributed by atoms with Gasteiger partial charge in [0.15, 0.2) is 0 Å². The summed E-state index contributed by atoms with van der Waals surface area (Å²) in [4.78, 5) is 22.4. The average Bonchev–Trinajstić information content (AvgIpc) is 2.97. The lowest BCUT2D eigenvalue weighted by molar-refractivity contribution is 0.277. The predicted molar refractivity (Wildman–Crippen MR) is 152 cm³/mol. The van der Waals surface area contributed by atoms with Crippen molar-refractivity contribution in [2.24, 2.45) is 10.7 Å². The monoisotopic (exact) mass is 516 g/mol. The Morgan fingerprint density at radius 2 is 1.82 bits per heavy atom. The number of anilines is 1. The molecule has 2 heterocycles. The average molecular weight is 517 g/mol. The van der Waals surface area contributed by atoms with Crippen LogP contribution in [0.3, 0.4) is 0 Å². The van der Waals surface area contributed by atoms with Crippen LogP contribution in [0.1, 0.15) is 12.5 Å². The predicted octanol–water partition coefficient (Wildman–Crippen LogP) is 2.92. The Hall–Kier alpha value is -4.11. The van der Waals surface area contributed by atoms with E-state index in [0.29, 0.717) is 24.5 Å². The topological polar surface area (TPSA) is 98.2 Å². The van der Waals surface area contributed by atoms with E-state index in [9.17, 15) is 4.79 Å². The third kappa shape index (κ3) is 6.80. The molecule has 1 aliphatic heterocycles. The quantitative estimate of drug-likeness (QED) is 0.391. The number of nitrogens with zero attached hydrogens (tertiary/aromatic N) is 5. The molecule has 200 valence electrons. The van der Waals surface area contributed by atoms with E-state index in [1.165, 1.54) is 4.68 Å². The molecule has 1 fully saturated rings. The van der Waals surface area contributed by atoms with E-state index in [4.69, 9.17) is 15.2 Å². The summed E-state index contributed by atoms with van der Waals surface area (Å²) in [6.45, 7) is 6.98. The van der Waals surface area contributed by atoms with E-state index in [2.05, 4.69) is 19.9 Å². The number of aliphatic imine (C=N–C) groups is 1. The van der Waals surface area contributed by atoms with Crippen LogP contribution in [0.15, 0.2) is 82.4 Å². The largest absolute Gasteiger partial charge is 0.497 e. The maximum atomic E-state index is 13.6. The second-order valence-corrected chi connectivity index (χ2v) is 8.99. The first kappa shape index (κ1) is 26.9. The number of hydrogen-bond acceptors (Lipinski definition) is 8. The first-order valence-corrected chi connectivity index (χ1v) is 12.9.